The fraction of sp³-hybridized carbons (Fsp3) is 0.400. The zero-order valence-corrected chi connectivity index (χ0v) is 20.9. The molecule has 1 N–H and O–H groups in total. The van der Waals surface area contributed by atoms with Gasteiger partial charge < -0.3 is 9.84 Å². The molecular formula is C25H28F3NO5S. The van der Waals surface area contributed by atoms with E-state index in [2.05, 4.69) is 0 Å². The summed E-state index contributed by atoms with van der Waals surface area (Å²) in [6.45, 7) is 8.24. The highest BCUT2D eigenvalue weighted by molar-refractivity contribution is 7.92. The monoisotopic (exact) mass is 511 g/mol. The summed E-state index contributed by atoms with van der Waals surface area (Å²) in [5, 5.41) is 10.4. The van der Waals surface area contributed by atoms with Gasteiger partial charge in [-0.25, -0.2) is 13.2 Å². The molecule has 1 atom stereocenters. The van der Waals surface area contributed by atoms with E-state index in [1.54, 1.807) is 43.9 Å². The van der Waals surface area contributed by atoms with Crippen molar-refractivity contribution in [2.24, 2.45) is 5.92 Å². The molecule has 0 spiro atoms. The van der Waals surface area contributed by atoms with Crippen molar-refractivity contribution < 1.29 is 36.2 Å². The summed E-state index contributed by atoms with van der Waals surface area (Å²) in [6.07, 6.45) is -5.25. The second-order valence-electron chi connectivity index (χ2n) is 9.25. The average molecular weight is 512 g/mol. The molecule has 0 radical (unpaired) electrons. The van der Waals surface area contributed by atoms with Gasteiger partial charge in [0, 0.05) is 18.0 Å². The van der Waals surface area contributed by atoms with Gasteiger partial charge in [0.15, 0.2) is 0 Å². The number of carbonyl (C=O) groups excluding carboxylic acids is 1. The van der Waals surface area contributed by atoms with Crippen LogP contribution in [-0.4, -0.2) is 37.8 Å². The van der Waals surface area contributed by atoms with E-state index in [9.17, 15) is 31.5 Å². The fourth-order valence-corrected chi connectivity index (χ4v) is 4.66. The smallest absolute Gasteiger partial charge is 0.433 e. The van der Waals surface area contributed by atoms with Crippen molar-refractivity contribution in [2.45, 2.75) is 56.9 Å². The number of esters is 1. The highest BCUT2D eigenvalue weighted by Crippen LogP contribution is 2.39. The zero-order chi connectivity index (χ0) is 26.7. The summed E-state index contributed by atoms with van der Waals surface area (Å²) >= 11 is 0. The van der Waals surface area contributed by atoms with Crippen LogP contribution in [0.1, 0.15) is 40.2 Å². The highest BCUT2D eigenvalue weighted by atomic mass is 32.2. The molecule has 0 aliphatic heterocycles. The minimum Gasteiger partial charge on any atom is -0.450 e. The topological polar surface area (TPSA) is 83.9 Å². The molecule has 10 heteroatoms. The number of carbonyl (C=O) groups is 1. The molecule has 2 rings (SSSR count). The lowest BCUT2D eigenvalue weighted by atomic mass is 9.93. The number of halogens is 3. The van der Waals surface area contributed by atoms with E-state index in [1.165, 1.54) is 32.9 Å². The van der Waals surface area contributed by atoms with Gasteiger partial charge >= 0.3 is 12.1 Å². The van der Waals surface area contributed by atoms with Gasteiger partial charge in [-0.05, 0) is 56.9 Å². The van der Waals surface area contributed by atoms with E-state index in [-0.39, 0.29) is 23.0 Å². The van der Waals surface area contributed by atoms with Crippen LogP contribution in [0.2, 0.25) is 0 Å². The first-order valence-corrected chi connectivity index (χ1v) is 12.1. The number of anilines is 1. The summed E-state index contributed by atoms with van der Waals surface area (Å²) in [5.41, 5.74) is -5.22. The number of hydrogen-bond acceptors (Lipinski definition) is 5. The van der Waals surface area contributed by atoms with Crippen molar-refractivity contribution in [3.05, 3.63) is 60.2 Å². The normalized spacial score (nSPS) is 14.0. The van der Waals surface area contributed by atoms with Gasteiger partial charge in [-0.3, -0.25) is 4.31 Å². The third-order valence-electron chi connectivity index (χ3n) is 4.59. The molecule has 2 aromatic rings. The lowest BCUT2D eigenvalue weighted by Crippen LogP contribution is -2.41. The fourth-order valence-electron chi connectivity index (χ4n) is 3.01. The Kier molecular flexibility index (Phi) is 8.30. The zero-order valence-electron chi connectivity index (χ0n) is 20.1. The van der Waals surface area contributed by atoms with E-state index >= 15 is 0 Å². The van der Waals surface area contributed by atoms with Crippen molar-refractivity contribution >= 4 is 21.7 Å². The molecule has 0 heterocycles. The Hall–Kier alpha value is -3.03. The highest BCUT2D eigenvalue weighted by Gasteiger charge is 2.54. The summed E-state index contributed by atoms with van der Waals surface area (Å²) in [6, 6.07) is 11.8. The van der Waals surface area contributed by atoms with E-state index in [0.29, 0.717) is 0 Å². The Labute approximate surface area is 203 Å². The summed E-state index contributed by atoms with van der Waals surface area (Å²) in [5.74, 6) is 1.97. The molecule has 1 unspecified atom stereocenters. The van der Waals surface area contributed by atoms with Crippen LogP contribution >= 0.6 is 0 Å². The maximum absolute atomic E-state index is 13.8. The third-order valence-corrected chi connectivity index (χ3v) is 6.40. The molecule has 6 nitrogen and oxygen atoms in total. The first-order chi connectivity index (χ1) is 16.0. The third kappa shape index (κ3) is 6.99. The van der Waals surface area contributed by atoms with Crippen molar-refractivity contribution in [3.8, 4) is 11.8 Å². The molecule has 0 bridgehead atoms. The number of hydrogen-bond donors (Lipinski definition) is 1. The van der Waals surface area contributed by atoms with Gasteiger partial charge in [0.1, 0.15) is 5.60 Å². The molecule has 0 fully saturated rings. The number of nitrogens with zero attached hydrogens (tertiary/aromatic N) is 1. The molecule has 2 aromatic carbocycles. The molecule has 0 saturated carbocycles. The minimum absolute atomic E-state index is 0.0275. The first-order valence-electron chi connectivity index (χ1n) is 10.7. The minimum atomic E-state index is -5.25. The van der Waals surface area contributed by atoms with Gasteiger partial charge in [0.25, 0.3) is 10.0 Å². The van der Waals surface area contributed by atoms with E-state index in [1.807, 2.05) is 0 Å². The van der Waals surface area contributed by atoms with E-state index < -0.39 is 38.9 Å². The van der Waals surface area contributed by atoms with Crippen LogP contribution in [-0.2, 0) is 25.2 Å². The van der Waals surface area contributed by atoms with Crippen LogP contribution in [0, 0.1) is 17.8 Å². The molecular weight excluding hydrogens is 483 g/mol. The molecule has 35 heavy (non-hydrogen) atoms. The second-order valence-corrected chi connectivity index (χ2v) is 11.1. The summed E-state index contributed by atoms with van der Waals surface area (Å²) < 4.78 is 73.9. The molecule has 0 saturated heterocycles. The Morgan fingerprint density at radius 1 is 1.03 bits per heavy atom. The van der Waals surface area contributed by atoms with E-state index in [4.69, 9.17) is 4.74 Å². The number of ether oxygens (including phenoxy) is 1. The Bertz CT molecular complexity index is 1190. The maximum Gasteiger partial charge on any atom is 0.433 e. The molecule has 0 aliphatic rings. The van der Waals surface area contributed by atoms with Crippen LogP contribution in [0.15, 0.2) is 59.5 Å². The Balaban J connectivity index is 2.51. The first kappa shape index (κ1) is 28.2. The summed E-state index contributed by atoms with van der Waals surface area (Å²) in [7, 11) is -4.01. The number of alkyl halides is 3. The van der Waals surface area contributed by atoms with Crippen molar-refractivity contribution in [2.75, 3.05) is 10.8 Å². The van der Waals surface area contributed by atoms with Crippen molar-refractivity contribution in [3.63, 3.8) is 0 Å². The summed E-state index contributed by atoms with van der Waals surface area (Å²) in [4.78, 5) is 11.8. The Morgan fingerprint density at radius 3 is 2.03 bits per heavy atom. The molecule has 0 aromatic heterocycles. The van der Waals surface area contributed by atoms with Crippen molar-refractivity contribution in [1.29, 1.82) is 0 Å². The Morgan fingerprint density at radius 2 is 1.57 bits per heavy atom. The molecule has 0 aliphatic carbocycles. The average Bonchev–Trinajstić information content (AvgIpc) is 2.74. The van der Waals surface area contributed by atoms with Crippen molar-refractivity contribution in [1.82, 2.24) is 0 Å². The van der Waals surface area contributed by atoms with Gasteiger partial charge in [0.05, 0.1) is 10.6 Å². The number of sulfonamides is 1. The largest absolute Gasteiger partial charge is 0.450 e. The second kappa shape index (κ2) is 10.3. The number of aliphatic hydroxyl groups is 1. The van der Waals surface area contributed by atoms with Crippen LogP contribution in [0.4, 0.5) is 18.9 Å². The number of rotatable bonds is 6. The number of benzene rings is 2. The lowest BCUT2D eigenvalue weighted by Gasteiger charge is -2.28. The lowest BCUT2D eigenvalue weighted by molar-refractivity contribution is -0.240. The van der Waals surface area contributed by atoms with E-state index in [0.717, 1.165) is 28.6 Å². The quantitative estimate of drug-likeness (QED) is 0.347. The van der Waals surface area contributed by atoms with Crippen LogP contribution in [0.25, 0.3) is 0 Å². The van der Waals surface area contributed by atoms with Gasteiger partial charge in [0.2, 0.25) is 5.60 Å². The van der Waals surface area contributed by atoms with Crippen LogP contribution in [0.3, 0.4) is 0 Å². The molecule has 0 amide bonds. The molecule has 190 valence electrons. The van der Waals surface area contributed by atoms with Crippen LogP contribution < -0.4 is 4.31 Å². The van der Waals surface area contributed by atoms with Gasteiger partial charge in [-0.15, -0.1) is 0 Å². The van der Waals surface area contributed by atoms with Crippen LogP contribution in [0.5, 0.6) is 0 Å². The van der Waals surface area contributed by atoms with Gasteiger partial charge in [-0.2, -0.15) is 13.2 Å². The predicted octanol–water partition coefficient (Wildman–Crippen LogP) is 4.63. The standard InChI is InChI=1S/C25H28F3NO5S/c1-18(2)17-29(35(32,33)21-9-7-6-8-10-21)20-13-11-19(12-14-20)24(31,25(26,27)28)16-15-22(30)34-23(3,4)5/h6-14,18,31H,17H2,1-5H3. The maximum atomic E-state index is 13.8. The SMILES string of the molecule is CC(C)CN(c1ccc(C(O)(C#CC(=O)OC(C)(C)C)C(F)(F)F)cc1)S(=O)(=O)c1ccccc1. The van der Waals surface area contributed by atoms with Gasteiger partial charge in [-0.1, -0.05) is 44.2 Å². The predicted molar refractivity (Wildman–Crippen MR) is 126 cm³/mol.